The molecule has 4 nitrogen and oxygen atoms in total. The molecule has 102 valence electrons. The van der Waals surface area contributed by atoms with Crippen LogP contribution in [0.2, 0.25) is 0 Å². The van der Waals surface area contributed by atoms with Gasteiger partial charge >= 0.3 is 5.97 Å². The predicted octanol–water partition coefficient (Wildman–Crippen LogP) is 2.77. The van der Waals surface area contributed by atoms with Crippen molar-refractivity contribution in [3.63, 3.8) is 0 Å². The first-order chi connectivity index (χ1) is 9.08. The van der Waals surface area contributed by atoms with Gasteiger partial charge in [-0.05, 0) is 18.2 Å². The summed E-state index contributed by atoms with van der Waals surface area (Å²) in [6, 6.07) is 5.05. The van der Waals surface area contributed by atoms with Gasteiger partial charge in [0.2, 0.25) is 0 Å². The number of hydrogen-bond acceptors (Lipinski definition) is 5. The number of ether oxygens (including phenoxy) is 2. The zero-order valence-electron chi connectivity index (χ0n) is 11.1. The molecule has 0 saturated heterocycles. The Morgan fingerprint density at radius 1 is 1.32 bits per heavy atom. The maximum absolute atomic E-state index is 11.4. The summed E-state index contributed by atoms with van der Waals surface area (Å²) in [5.74, 6) is 0.855. The van der Waals surface area contributed by atoms with Crippen LogP contribution >= 0.6 is 11.8 Å². The predicted molar refractivity (Wildman–Crippen MR) is 76.5 cm³/mol. The van der Waals surface area contributed by atoms with E-state index in [2.05, 4.69) is 4.74 Å². The van der Waals surface area contributed by atoms with Crippen LogP contribution in [0.4, 0.5) is 0 Å². The summed E-state index contributed by atoms with van der Waals surface area (Å²) in [4.78, 5) is 22.3. The van der Waals surface area contributed by atoms with Crippen LogP contribution in [0.3, 0.4) is 0 Å². The second-order valence-electron chi connectivity index (χ2n) is 3.65. The van der Waals surface area contributed by atoms with Crippen molar-refractivity contribution in [1.82, 2.24) is 0 Å². The maximum atomic E-state index is 11.4. The number of carbonyl (C=O) groups is 2. The van der Waals surface area contributed by atoms with E-state index < -0.39 is 5.97 Å². The molecule has 1 aromatic rings. The molecular weight excluding hydrogens is 264 g/mol. The average Bonchev–Trinajstić information content (AvgIpc) is 2.42. The van der Waals surface area contributed by atoms with Crippen LogP contribution in [0.25, 0.3) is 6.08 Å². The lowest BCUT2D eigenvalue weighted by Crippen LogP contribution is -2.01. The minimum absolute atomic E-state index is 0.0694. The van der Waals surface area contributed by atoms with Crippen molar-refractivity contribution < 1.29 is 19.1 Å². The molecule has 0 atom stereocenters. The van der Waals surface area contributed by atoms with Gasteiger partial charge in [-0.1, -0.05) is 23.9 Å². The lowest BCUT2D eigenvalue weighted by molar-refractivity contribution is -0.109. The molecule has 0 aliphatic heterocycles. The van der Waals surface area contributed by atoms with Gasteiger partial charge in [0.1, 0.15) is 5.75 Å². The molecule has 0 spiro atoms. The van der Waals surface area contributed by atoms with E-state index in [1.54, 1.807) is 25.3 Å². The molecule has 1 aromatic carbocycles. The fourth-order valence-electron chi connectivity index (χ4n) is 1.45. The first kappa shape index (κ1) is 15.3. The van der Waals surface area contributed by atoms with Gasteiger partial charge in [0, 0.05) is 18.2 Å². The molecule has 0 aromatic heterocycles. The molecule has 0 aliphatic rings. The topological polar surface area (TPSA) is 52.6 Å². The summed E-state index contributed by atoms with van der Waals surface area (Å²) in [7, 11) is 2.90. The van der Waals surface area contributed by atoms with E-state index in [1.165, 1.54) is 25.8 Å². The van der Waals surface area contributed by atoms with Crippen molar-refractivity contribution in [2.24, 2.45) is 0 Å². The van der Waals surface area contributed by atoms with Crippen LogP contribution in [0.15, 0.2) is 24.3 Å². The molecule has 0 amide bonds. The lowest BCUT2D eigenvalue weighted by atomic mass is 10.1. The second kappa shape index (κ2) is 7.63. The van der Waals surface area contributed by atoms with Crippen molar-refractivity contribution in [3.05, 3.63) is 35.4 Å². The van der Waals surface area contributed by atoms with Crippen molar-refractivity contribution in [3.8, 4) is 5.75 Å². The van der Waals surface area contributed by atoms with Gasteiger partial charge in [-0.3, -0.25) is 4.79 Å². The van der Waals surface area contributed by atoms with Crippen LogP contribution in [0.5, 0.6) is 5.75 Å². The Labute approximate surface area is 116 Å². The largest absolute Gasteiger partial charge is 0.496 e. The van der Waals surface area contributed by atoms with Gasteiger partial charge in [0.15, 0.2) is 5.12 Å². The molecule has 1 rings (SSSR count). The SMILES string of the molecule is COC(=O)c1ccc(OC)c(C=CCSC(C)=O)c1. The van der Waals surface area contributed by atoms with Gasteiger partial charge in [-0.2, -0.15) is 0 Å². The number of hydrogen-bond donors (Lipinski definition) is 0. The summed E-state index contributed by atoms with van der Waals surface area (Å²) < 4.78 is 9.88. The quantitative estimate of drug-likeness (QED) is 0.776. The van der Waals surface area contributed by atoms with Gasteiger partial charge in [0.05, 0.1) is 19.8 Å². The molecule has 0 unspecified atom stereocenters. The zero-order valence-corrected chi connectivity index (χ0v) is 12.0. The molecule has 19 heavy (non-hydrogen) atoms. The fraction of sp³-hybridized carbons (Fsp3) is 0.286. The highest BCUT2D eigenvalue weighted by atomic mass is 32.2. The Kier molecular flexibility index (Phi) is 6.15. The smallest absolute Gasteiger partial charge is 0.337 e. The minimum Gasteiger partial charge on any atom is -0.496 e. The fourth-order valence-corrected chi connectivity index (χ4v) is 1.88. The highest BCUT2D eigenvalue weighted by Crippen LogP contribution is 2.22. The molecule has 0 heterocycles. The number of benzene rings is 1. The van der Waals surface area contributed by atoms with Gasteiger partial charge in [-0.15, -0.1) is 0 Å². The normalized spacial score (nSPS) is 10.5. The molecule has 5 heteroatoms. The monoisotopic (exact) mass is 280 g/mol. The van der Waals surface area contributed by atoms with E-state index in [-0.39, 0.29) is 5.12 Å². The van der Waals surface area contributed by atoms with Crippen molar-refractivity contribution in [2.75, 3.05) is 20.0 Å². The van der Waals surface area contributed by atoms with E-state index in [4.69, 9.17) is 4.74 Å². The van der Waals surface area contributed by atoms with Crippen molar-refractivity contribution in [1.29, 1.82) is 0 Å². The highest BCUT2D eigenvalue weighted by molar-refractivity contribution is 8.13. The summed E-state index contributed by atoms with van der Waals surface area (Å²) in [5, 5.41) is 0.0694. The van der Waals surface area contributed by atoms with E-state index in [0.29, 0.717) is 17.1 Å². The minimum atomic E-state index is -0.393. The summed E-state index contributed by atoms with van der Waals surface area (Å²) >= 11 is 1.22. The van der Waals surface area contributed by atoms with E-state index in [9.17, 15) is 9.59 Å². The molecule has 0 radical (unpaired) electrons. The van der Waals surface area contributed by atoms with E-state index >= 15 is 0 Å². The number of thioether (sulfide) groups is 1. The molecular formula is C14H16O4S. The third-order valence-electron chi connectivity index (χ3n) is 2.33. The summed E-state index contributed by atoms with van der Waals surface area (Å²) in [6.45, 7) is 1.52. The Morgan fingerprint density at radius 2 is 2.05 bits per heavy atom. The van der Waals surface area contributed by atoms with Crippen LogP contribution < -0.4 is 4.74 Å². The molecule has 0 saturated carbocycles. The second-order valence-corrected chi connectivity index (χ2v) is 4.85. The molecule has 0 aliphatic carbocycles. The first-order valence-electron chi connectivity index (χ1n) is 5.64. The Morgan fingerprint density at radius 3 is 2.63 bits per heavy atom. The Balaban J connectivity index is 2.89. The van der Waals surface area contributed by atoms with Crippen molar-refractivity contribution >= 4 is 28.9 Å². The van der Waals surface area contributed by atoms with Gasteiger partial charge in [-0.25, -0.2) is 4.79 Å². The number of methoxy groups -OCH3 is 2. The van der Waals surface area contributed by atoms with Crippen molar-refractivity contribution in [2.45, 2.75) is 6.92 Å². The Bertz CT molecular complexity index is 494. The first-order valence-corrected chi connectivity index (χ1v) is 6.63. The zero-order chi connectivity index (χ0) is 14.3. The van der Waals surface area contributed by atoms with Gasteiger partial charge in [0.25, 0.3) is 0 Å². The average molecular weight is 280 g/mol. The van der Waals surface area contributed by atoms with Gasteiger partial charge < -0.3 is 9.47 Å². The van der Waals surface area contributed by atoms with Crippen LogP contribution in [-0.2, 0) is 9.53 Å². The highest BCUT2D eigenvalue weighted by Gasteiger charge is 2.08. The maximum Gasteiger partial charge on any atom is 0.337 e. The molecule has 0 bridgehead atoms. The lowest BCUT2D eigenvalue weighted by Gasteiger charge is -2.06. The van der Waals surface area contributed by atoms with Crippen LogP contribution in [-0.4, -0.2) is 31.1 Å². The summed E-state index contributed by atoms with van der Waals surface area (Å²) in [6.07, 6.45) is 3.67. The van der Waals surface area contributed by atoms with Crippen LogP contribution in [0.1, 0.15) is 22.8 Å². The third kappa shape index (κ3) is 4.79. The molecule has 0 N–H and O–H groups in total. The third-order valence-corrected chi connectivity index (χ3v) is 3.10. The summed E-state index contributed by atoms with van der Waals surface area (Å²) in [5.41, 5.74) is 1.23. The number of esters is 1. The standard InChI is InChI=1S/C14H16O4S/c1-10(15)19-8-4-5-11-9-12(14(16)18-3)6-7-13(11)17-2/h4-7,9H,8H2,1-3H3. The Hall–Kier alpha value is -1.75. The number of rotatable bonds is 5. The van der Waals surface area contributed by atoms with Crippen LogP contribution in [0, 0.1) is 0 Å². The number of carbonyl (C=O) groups excluding carboxylic acids is 2. The van der Waals surface area contributed by atoms with E-state index in [1.807, 2.05) is 12.2 Å². The molecule has 0 fully saturated rings. The van der Waals surface area contributed by atoms with E-state index in [0.717, 1.165) is 5.56 Å².